The molecule has 0 aliphatic carbocycles. The van der Waals surface area contributed by atoms with Gasteiger partial charge in [-0.25, -0.2) is 9.97 Å². The summed E-state index contributed by atoms with van der Waals surface area (Å²) >= 11 is 1.83. The number of nitrogens with zero attached hydrogens (tertiary/aromatic N) is 3. The molecule has 0 atom stereocenters. The number of hydrogen-bond donors (Lipinski definition) is 0. The molecule has 3 heterocycles. The van der Waals surface area contributed by atoms with Crippen LogP contribution >= 0.6 is 11.3 Å². The van der Waals surface area contributed by atoms with Crippen molar-refractivity contribution in [1.29, 1.82) is 0 Å². The lowest BCUT2D eigenvalue weighted by Crippen LogP contribution is -1.97. The Morgan fingerprint density at radius 1 is 0.420 bits per heavy atom. The quantitative estimate of drug-likeness (QED) is 0.185. The van der Waals surface area contributed by atoms with Crippen LogP contribution in [0.2, 0.25) is 0 Å². The lowest BCUT2D eigenvalue weighted by atomic mass is 10.00. The first kappa shape index (κ1) is 28.6. The number of para-hydroxylation sites is 2. The Kier molecular flexibility index (Phi) is 6.68. The molecule has 10 rings (SSSR count). The van der Waals surface area contributed by atoms with E-state index >= 15 is 0 Å². The van der Waals surface area contributed by atoms with E-state index in [0.29, 0.717) is 5.82 Å². The fraction of sp³-hybridized carbons (Fsp3) is 0. The molecule has 10 aromatic rings. The van der Waals surface area contributed by atoms with Gasteiger partial charge in [-0.15, -0.1) is 11.3 Å². The van der Waals surface area contributed by atoms with Crippen molar-refractivity contribution in [3.8, 4) is 50.7 Å². The maximum atomic E-state index is 5.43. The standard InChI is InChI=1S/C46H29N3S/c1-3-14-30(15-4-1)31-16-11-17-32(28-31)39-29-40(36-23-12-22-35-34-20-8-10-27-43(34)50-45(35)36)48-46(47-39)38-24-13-26-42-44(38)37-21-7-9-25-41(37)49(42)33-18-5-2-6-19-33/h1-29H. The summed E-state index contributed by atoms with van der Waals surface area (Å²) in [6.07, 6.45) is 0. The van der Waals surface area contributed by atoms with Crippen LogP contribution < -0.4 is 0 Å². The zero-order chi connectivity index (χ0) is 33.0. The second-order valence-corrected chi connectivity index (χ2v) is 13.6. The van der Waals surface area contributed by atoms with E-state index in [1.165, 1.54) is 31.1 Å². The second kappa shape index (κ2) is 11.7. The van der Waals surface area contributed by atoms with Gasteiger partial charge in [0.25, 0.3) is 0 Å². The number of benzene rings is 7. The monoisotopic (exact) mass is 655 g/mol. The van der Waals surface area contributed by atoms with E-state index in [9.17, 15) is 0 Å². The highest BCUT2D eigenvalue weighted by molar-refractivity contribution is 7.26. The number of thiophene rings is 1. The lowest BCUT2D eigenvalue weighted by Gasteiger charge is -2.12. The maximum absolute atomic E-state index is 5.43. The summed E-state index contributed by atoms with van der Waals surface area (Å²) in [7, 11) is 0. The van der Waals surface area contributed by atoms with Gasteiger partial charge in [-0.1, -0.05) is 133 Å². The Labute approximate surface area is 293 Å². The van der Waals surface area contributed by atoms with Gasteiger partial charge in [0.05, 0.1) is 22.4 Å². The van der Waals surface area contributed by atoms with Gasteiger partial charge in [-0.3, -0.25) is 0 Å². The lowest BCUT2D eigenvalue weighted by molar-refractivity contribution is 1.17. The van der Waals surface area contributed by atoms with Gasteiger partial charge in [0.15, 0.2) is 5.82 Å². The van der Waals surface area contributed by atoms with Crippen LogP contribution in [0.3, 0.4) is 0 Å². The van der Waals surface area contributed by atoms with Crippen molar-refractivity contribution < 1.29 is 0 Å². The van der Waals surface area contributed by atoms with Gasteiger partial charge >= 0.3 is 0 Å². The molecule has 0 fully saturated rings. The van der Waals surface area contributed by atoms with E-state index < -0.39 is 0 Å². The number of rotatable bonds is 5. The van der Waals surface area contributed by atoms with Gasteiger partial charge < -0.3 is 4.57 Å². The van der Waals surface area contributed by atoms with Crippen LogP contribution in [0.25, 0.3) is 92.7 Å². The first-order chi connectivity index (χ1) is 24.8. The molecular formula is C46H29N3S. The van der Waals surface area contributed by atoms with Crippen LogP contribution in [-0.2, 0) is 0 Å². The summed E-state index contributed by atoms with van der Waals surface area (Å²) in [6, 6.07) is 62.4. The van der Waals surface area contributed by atoms with E-state index in [0.717, 1.165) is 55.7 Å². The fourth-order valence-corrected chi connectivity index (χ4v) is 8.58. The Balaban J connectivity index is 1.26. The summed E-state index contributed by atoms with van der Waals surface area (Å²) in [5.41, 5.74) is 10.7. The topological polar surface area (TPSA) is 30.7 Å². The largest absolute Gasteiger partial charge is 0.309 e. The Morgan fingerprint density at radius 3 is 1.92 bits per heavy atom. The third kappa shape index (κ3) is 4.65. The predicted molar refractivity (Wildman–Crippen MR) is 211 cm³/mol. The summed E-state index contributed by atoms with van der Waals surface area (Å²) in [4.78, 5) is 10.8. The van der Waals surface area contributed by atoms with E-state index in [4.69, 9.17) is 9.97 Å². The minimum absolute atomic E-state index is 0.710. The summed E-state index contributed by atoms with van der Waals surface area (Å²) in [5, 5.41) is 4.85. The SMILES string of the molecule is c1ccc(-c2cccc(-c3cc(-c4cccc5c4sc4ccccc45)nc(-c4cccc5c4c4ccccc4n5-c4ccccc4)n3)c2)cc1. The van der Waals surface area contributed by atoms with E-state index in [2.05, 4.69) is 180 Å². The average molecular weight is 656 g/mol. The van der Waals surface area contributed by atoms with Crippen LogP contribution in [0.5, 0.6) is 0 Å². The molecule has 0 aliphatic rings. The zero-order valence-electron chi connectivity index (χ0n) is 27.0. The van der Waals surface area contributed by atoms with Crippen molar-refractivity contribution in [2.45, 2.75) is 0 Å². The van der Waals surface area contributed by atoms with E-state index in [1.807, 2.05) is 11.3 Å². The number of hydrogen-bond acceptors (Lipinski definition) is 3. The van der Waals surface area contributed by atoms with Crippen LogP contribution in [0.1, 0.15) is 0 Å². The Hall–Kier alpha value is -6.36. The highest BCUT2D eigenvalue weighted by Crippen LogP contribution is 2.42. The predicted octanol–water partition coefficient (Wildman–Crippen LogP) is 12.6. The molecule has 0 saturated heterocycles. The van der Waals surface area contributed by atoms with Gasteiger partial charge in [0, 0.05) is 53.3 Å². The fourth-order valence-electron chi connectivity index (χ4n) is 7.35. The minimum Gasteiger partial charge on any atom is -0.309 e. The van der Waals surface area contributed by atoms with Gasteiger partial charge in [-0.2, -0.15) is 0 Å². The Bertz CT molecular complexity index is 2870. The van der Waals surface area contributed by atoms with E-state index in [1.54, 1.807) is 0 Å². The van der Waals surface area contributed by atoms with Crippen molar-refractivity contribution >= 4 is 53.3 Å². The second-order valence-electron chi connectivity index (χ2n) is 12.6. The molecular weight excluding hydrogens is 627 g/mol. The van der Waals surface area contributed by atoms with Crippen molar-refractivity contribution in [1.82, 2.24) is 14.5 Å². The summed E-state index contributed by atoms with van der Waals surface area (Å²) in [6.45, 7) is 0. The van der Waals surface area contributed by atoms with Crippen LogP contribution in [-0.4, -0.2) is 14.5 Å². The average Bonchev–Trinajstić information content (AvgIpc) is 3.75. The molecule has 3 nitrogen and oxygen atoms in total. The molecule has 0 aliphatic heterocycles. The maximum Gasteiger partial charge on any atom is 0.161 e. The molecule has 0 unspecified atom stereocenters. The molecule has 3 aromatic heterocycles. The molecule has 0 N–H and O–H groups in total. The highest BCUT2D eigenvalue weighted by Gasteiger charge is 2.20. The highest BCUT2D eigenvalue weighted by atomic mass is 32.1. The van der Waals surface area contributed by atoms with Crippen molar-refractivity contribution in [2.24, 2.45) is 0 Å². The zero-order valence-corrected chi connectivity index (χ0v) is 27.8. The third-order valence-electron chi connectivity index (χ3n) is 9.62. The molecule has 4 heteroatoms. The van der Waals surface area contributed by atoms with Crippen LogP contribution in [0.15, 0.2) is 176 Å². The van der Waals surface area contributed by atoms with Crippen molar-refractivity contribution in [3.05, 3.63) is 176 Å². The summed E-state index contributed by atoms with van der Waals surface area (Å²) in [5.74, 6) is 0.710. The first-order valence-corrected chi connectivity index (χ1v) is 17.7. The molecule has 0 bridgehead atoms. The Morgan fingerprint density at radius 2 is 1.04 bits per heavy atom. The van der Waals surface area contributed by atoms with Crippen molar-refractivity contribution in [3.63, 3.8) is 0 Å². The molecule has 0 radical (unpaired) electrons. The normalized spacial score (nSPS) is 11.6. The molecule has 0 spiro atoms. The van der Waals surface area contributed by atoms with Crippen molar-refractivity contribution in [2.75, 3.05) is 0 Å². The molecule has 7 aromatic carbocycles. The smallest absolute Gasteiger partial charge is 0.161 e. The van der Waals surface area contributed by atoms with Crippen LogP contribution in [0.4, 0.5) is 0 Å². The third-order valence-corrected chi connectivity index (χ3v) is 10.8. The summed E-state index contributed by atoms with van der Waals surface area (Å²) < 4.78 is 4.86. The molecule has 0 amide bonds. The van der Waals surface area contributed by atoms with Gasteiger partial charge in [0.1, 0.15) is 0 Å². The minimum atomic E-state index is 0.710. The van der Waals surface area contributed by atoms with E-state index in [-0.39, 0.29) is 0 Å². The van der Waals surface area contributed by atoms with Gasteiger partial charge in [-0.05, 0) is 53.6 Å². The molecule has 234 valence electrons. The first-order valence-electron chi connectivity index (χ1n) is 16.8. The molecule has 50 heavy (non-hydrogen) atoms. The van der Waals surface area contributed by atoms with Gasteiger partial charge in [0.2, 0.25) is 0 Å². The molecule has 0 saturated carbocycles. The number of aromatic nitrogens is 3. The van der Waals surface area contributed by atoms with Crippen LogP contribution in [0, 0.1) is 0 Å². The number of fused-ring (bicyclic) bond motifs is 6.